The molecule has 2 rings (SSSR count). The lowest BCUT2D eigenvalue weighted by molar-refractivity contribution is 0.322. The summed E-state index contributed by atoms with van der Waals surface area (Å²) in [6.07, 6.45) is 0. The molecular weight excluding hydrogens is 286 g/mol. The molecule has 1 unspecified atom stereocenters. The molecule has 100 valence electrons. The fraction of sp³-hybridized carbons (Fsp3) is 0. The third kappa shape index (κ3) is 3.48. The molecule has 2 aromatic carbocycles. The van der Waals surface area contributed by atoms with Crippen molar-refractivity contribution in [2.45, 2.75) is 0 Å². The molecule has 0 spiro atoms. The van der Waals surface area contributed by atoms with Gasteiger partial charge in [-0.3, -0.25) is 4.57 Å². The van der Waals surface area contributed by atoms with Crippen molar-refractivity contribution < 1.29 is 23.6 Å². The average Bonchev–Trinajstić information content (AvgIpc) is 2.40. The fourth-order valence-electron chi connectivity index (χ4n) is 1.49. The van der Waals surface area contributed by atoms with E-state index in [0.29, 0.717) is 0 Å². The van der Waals surface area contributed by atoms with Gasteiger partial charge in [0.1, 0.15) is 0 Å². The summed E-state index contributed by atoms with van der Waals surface area (Å²) in [5, 5.41) is 0.0959. The maximum atomic E-state index is 12.0. The molecule has 5 nitrogen and oxygen atoms in total. The normalized spacial score (nSPS) is 14.9. The first-order chi connectivity index (χ1) is 8.92. The van der Waals surface area contributed by atoms with Gasteiger partial charge in [-0.05, 0) is 24.3 Å². The molecule has 19 heavy (non-hydrogen) atoms. The molecule has 0 radical (unpaired) electrons. The highest BCUT2D eigenvalue weighted by Crippen LogP contribution is 2.62. The van der Waals surface area contributed by atoms with E-state index < -0.39 is 15.5 Å². The van der Waals surface area contributed by atoms with Crippen molar-refractivity contribution in [3.8, 4) is 0 Å². The van der Waals surface area contributed by atoms with Gasteiger partial charge in [0, 0.05) is 0 Å². The second-order valence-electron chi connectivity index (χ2n) is 3.82. The summed E-state index contributed by atoms with van der Waals surface area (Å²) < 4.78 is 16.8. The van der Waals surface area contributed by atoms with E-state index in [1.807, 2.05) is 0 Å². The smallest absolute Gasteiger partial charge is 0.319 e. The Morgan fingerprint density at radius 2 is 1.37 bits per heavy atom. The van der Waals surface area contributed by atoms with Crippen LogP contribution < -0.4 is 10.6 Å². The maximum absolute atomic E-state index is 12.0. The average molecular weight is 299 g/mol. The minimum Gasteiger partial charge on any atom is -0.319 e. The predicted molar refractivity (Wildman–Crippen MR) is 74.4 cm³/mol. The Kier molecular flexibility index (Phi) is 4.16. The molecule has 0 fully saturated rings. The van der Waals surface area contributed by atoms with Crippen molar-refractivity contribution in [1.82, 2.24) is 0 Å². The summed E-state index contributed by atoms with van der Waals surface area (Å²) >= 11 is 0. The molecule has 0 saturated heterocycles. The van der Waals surface area contributed by atoms with E-state index in [1.54, 1.807) is 36.4 Å². The predicted octanol–water partition coefficient (Wildman–Crippen LogP) is 1.59. The van der Waals surface area contributed by atoms with Crippen LogP contribution in [0.15, 0.2) is 60.7 Å². The first-order valence-electron chi connectivity index (χ1n) is 5.42. The van der Waals surface area contributed by atoms with Gasteiger partial charge in [0.25, 0.3) is 0 Å². The van der Waals surface area contributed by atoms with E-state index in [0.717, 1.165) is 0 Å². The number of rotatable bonds is 4. The summed E-state index contributed by atoms with van der Waals surface area (Å²) in [7, 11) is -8.38. The molecule has 0 amide bonds. The lowest BCUT2D eigenvalue weighted by Crippen LogP contribution is -2.15. The Balaban J connectivity index is 2.28. The number of hydrogen-bond acceptors (Lipinski definition) is 4. The molecule has 3 N–H and O–H groups in total. The zero-order valence-corrected chi connectivity index (χ0v) is 11.6. The van der Waals surface area contributed by atoms with Crippen LogP contribution in [0.25, 0.3) is 0 Å². The van der Waals surface area contributed by atoms with E-state index in [9.17, 15) is 19.2 Å². The van der Waals surface area contributed by atoms with E-state index in [2.05, 4.69) is 0 Å². The first kappa shape index (κ1) is 14.4. The van der Waals surface area contributed by atoms with Crippen molar-refractivity contribution in [2.24, 2.45) is 0 Å². The molecule has 0 aliphatic rings. The molecule has 0 aromatic heterocycles. The van der Waals surface area contributed by atoms with Crippen LogP contribution in [0.4, 0.5) is 0 Å². The highest BCUT2D eigenvalue weighted by atomic mass is 31.3. The summed E-state index contributed by atoms with van der Waals surface area (Å²) in [4.78, 5) is 29.6. The van der Waals surface area contributed by atoms with Crippen molar-refractivity contribution >= 4 is 26.1 Å². The van der Waals surface area contributed by atoms with Gasteiger partial charge in [-0.15, -0.1) is 0 Å². The Labute approximate surface area is 111 Å². The summed E-state index contributed by atoms with van der Waals surface area (Å²) in [5.41, 5.74) is 0. The maximum Gasteiger partial charge on any atom is 0.453 e. The Hall–Kier alpha value is -1.06. The fourth-order valence-corrected chi connectivity index (χ4v) is 4.59. The van der Waals surface area contributed by atoms with Crippen LogP contribution in [0.1, 0.15) is 0 Å². The van der Waals surface area contributed by atoms with Gasteiger partial charge in [0.15, 0.2) is 5.30 Å². The molecule has 1 atom stereocenters. The monoisotopic (exact) mass is 299 g/mol. The lowest BCUT2D eigenvalue weighted by Gasteiger charge is -2.14. The third-order valence-corrected chi connectivity index (χ3v) is 6.12. The van der Waals surface area contributed by atoms with Crippen LogP contribution in [-0.2, 0) is 8.88 Å². The molecule has 0 heterocycles. The highest BCUT2D eigenvalue weighted by Gasteiger charge is 2.47. The molecule has 0 aliphatic carbocycles. The zero-order valence-electron chi connectivity index (χ0n) is 9.83. The van der Waals surface area contributed by atoms with Gasteiger partial charge in [-0.2, -0.15) is 9.79 Å². The minimum atomic E-state index is -4.28. The van der Waals surface area contributed by atoms with Gasteiger partial charge in [0.2, 0.25) is 0 Å². The van der Waals surface area contributed by atoms with Crippen LogP contribution in [0.2, 0.25) is 0 Å². The SMILES string of the molecule is O=P(O)(O[P+](O)(O)c1ccccc1)c1ccccc1. The van der Waals surface area contributed by atoms with Gasteiger partial charge in [0.05, 0.1) is 5.30 Å². The minimum absolute atomic E-state index is 0.0124. The topological polar surface area (TPSA) is 87.0 Å². The zero-order chi connectivity index (χ0) is 13.9. The van der Waals surface area contributed by atoms with Crippen LogP contribution in [-0.4, -0.2) is 14.7 Å². The van der Waals surface area contributed by atoms with Crippen LogP contribution in [0, 0.1) is 0 Å². The third-order valence-electron chi connectivity index (χ3n) is 2.40. The summed E-state index contributed by atoms with van der Waals surface area (Å²) in [5.74, 6) is 0. The first-order valence-corrected chi connectivity index (χ1v) is 8.61. The van der Waals surface area contributed by atoms with E-state index in [4.69, 9.17) is 4.31 Å². The molecule has 0 aliphatic heterocycles. The second kappa shape index (κ2) is 5.51. The molecule has 0 saturated carbocycles. The van der Waals surface area contributed by atoms with E-state index >= 15 is 0 Å². The Bertz CT molecular complexity index is 586. The van der Waals surface area contributed by atoms with Gasteiger partial charge >= 0.3 is 15.5 Å². The molecular formula is C12H13O5P2+. The summed E-state index contributed by atoms with van der Waals surface area (Å²) in [6.45, 7) is 0. The van der Waals surface area contributed by atoms with Crippen molar-refractivity contribution in [3.05, 3.63) is 60.7 Å². The standard InChI is InChI=1S/C12H12O5P2/c13-18(14,11-7-3-1-4-8-11)17-19(15,16)12-9-5-2-6-10-12/h1-10,13-14H/p+1. The van der Waals surface area contributed by atoms with Crippen molar-refractivity contribution in [3.63, 3.8) is 0 Å². The van der Waals surface area contributed by atoms with Crippen LogP contribution >= 0.6 is 15.5 Å². The molecule has 2 aromatic rings. The van der Waals surface area contributed by atoms with Gasteiger partial charge < -0.3 is 4.89 Å². The van der Waals surface area contributed by atoms with Crippen LogP contribution in [0.5, 0.6) is 0 Å². The van der Waals surface area contributed by atoms with Crippen LogP contribution in [0.3, 0.4) is 0 Å². The Morgan fingerprint density at radius 1 is 0.895 bits per heavy atom. The molecule has 0 bridgehead atoms. The second-order valence-corrected chi connectivity index (χ2v) is 7.63. The quantitative estimate of drug-likeness (QED) is 0.746. The summed E-state index contributed by atoms with van der Waals surface area (Å²) in [6, 6.07) is 15.3. The molecule has 7 heteroatoms. The van der Waals surface area contributed by atoms with E-state index in [1.165, 1.54) is 24.3 Å². The lowest BCUT2D eigenvalue weighted by atomic mass is 10.4. The van der Waals surface area contributed by atoms with Gasteiger partial charge in [-0.1, -0.05) is 40.7 Å². The number of benzene rings is 2. The largest absolute Gasteiger partial charge is 0.453 e. The van der Waals surface area contributed by atoms with Gasteiger partial charge in [-0.25, -0.2) is 0 Å². The van der Waals surface area contributed by atoms with Crippen molar-refractivity contribution in [2.75, 3.05) is 0 Å². The van der Waals surface area contributed by atoms with E-state index in [-0.39, 0.29) is 10.6 Å². The number of hydrogen-bond donors (Lipinski definition) is 3. The Morgan fingerprint density at radius 3 is 1.89 bits per heavy atom. The van der Waals surface area contributed by atoms with Crippen molar-refractivity contribution in [1.29, 1.82) is 0 Å². The highest BCUT2D eigenvalue weighted by molar-refractivity contribution is 7.77.